The van der Waals surface area contributed by atoms with Gasteiger partial charge < -0.3 is 15.8 Å². The van der Waals surface area contributed by atoms with Crippen molar-refractivity contribution in [3.05, 3.63) is 59.7 Å². The Morgan fingerprint density at radius 3 is 2.58 bits per heavy atom. The van der Waals surface area contributed by atoms with Gasteiger partial charge in [0.25, 0.3) is 0 Å². The summed E-state index contributed by atoms with van der Waals surface area (Å²) in [5.74, 6) is 0.228. The number of benzene rings is 2. The van der Waals surface area contributed by atoms with E-state index in [4.69, 9.17) is 10.5 Å². The lowest BCUT2D eigenvalue weighted by atomic mass is 10.1. The molecule has 3 N–H and O–H groups in total. The minimum Gasteiger partial charge on any atom is -0.495 e. The summed E-state index contributed by atoms with van der Waals surface area (Å²) < 4.78 is 5.25. The number of carbonyl (C=O) groups excluding carboxylic acids is 1. The van der Waals surface area contributed by atoms with Gasteiger partial charge in [0, 0.05) is 12.1 Å². The van der Waals surface area contributed by atoms with Crippen LogP contribution in [0, 0.1) is 0 Å². The molecule has 2 rings (SSSR count). The van der Waals surface area contributed by atoms with Gasteiger partial charge in [-0.3, -0.25) is 4.79 Å². The van der Waals surface area contributed by atoms with Crippen molar-refractivity contribution in [2.24, 2.45) is 5.73 Å². The molecule has 19 heavy (non-hydrogen) atoms. The van der Waals surface area contributed by atoms with Gasteiger partial charge in [0.05, 0.1) is 12.8 Å². The number of hydrogen-bond donors (Lipinski definition) is 2. The molecule has 0 unspecified atom stereocenters. The molecule has 0 aliphatic carbocycles. The van der Waals surface area contributed by atoms with Crippen LogP contribution in [0.5, 0.6) is 5.75 Å². The maximum atomic E-state index is 11.2. The first kappa shape index (κ1) is 13.0. The zero-order valence-corrected chi connectivity index (χ0v) is 10.7. The fraction of sp³-hybridized carbons (Fsp3) is 0.133. The van der Waals surface area contributed by atoms with Crippen LogP contribution in [0.2, 0.25) is 0 Å². The number of ether oxygens (including phenoxy) is 1. The Morgan fingerprint density at radius 1 is 1.21 bits per heavy atom. The number of nitrogens with one attached hydrogen (secondary N) is 1. The van der Waals surface area contributed by atoms with Gasteiger partial charge >= 0.3 is 0 Å². The Hall–Kier alpha value is -2.49. The lowest BCUT2D eigenvalue weighted by Gasteiger charge is -2.12. The minimum absolute atomic E-state index is 0.453. The number of amides is 1. The highest BCUT2D eigenvalue weighted by molar-refractivity contribution is 5.94. The van der Waals surface area contributed by atoms with Gasteiger partial charge in [-0.1, -0.05) is 30.3 Å². The topological polar surface area (TPSA) is 64.3 Å². The van der Waals surface area contributed by atoms with Crippen LogP contribution in [0.1, 0.15) is 15.9 Å². The second-order valence-electron chi connectivity index (χ2n) is 4.12. The van der Waals surface area contributed by atoms with E-state index in [9.17, 15) is 4.79 Å². The zero-order chi connectivity index (χ0) is 13.7. The van der Waals surface area contributed by atoms with Crippen molar-refractivity contribution in [2.75, 3.05) is 12.4 Å². The summed E-state index contributed by atoms with van der Waals surface area (Å²) in [5, 5.41) is 3.24. The Morgan fingerprint density at radius 2 is 1.95 bits per heavy atom. The van der Waals surface area contributed by atoms with Gasteiger partial charge in [0.2, 0.25) is 5.91 Å². The van der Waals surface area contributed by atoms with Crippen LogP contribution in [-0.4, -0.2) is 13.0 Å². The third-order valence-electron chi connectivity index (χ3n) is 2.81. The van der Waals surface area contributed by atoms with E-state index in [2.05, 4.69) is 5.32 Å². The Kier molecular flexibility index (Phi) is 4.03. The SMILES string of the molecule is COc1ccc(C(N)=O)cc1NCc1ccccc1. The Labute approximate surface area is 112 Å². The first-order valence-corrected chi connectivity index (χ1v) is 5.96. The molecule has 0 aliphatic heterocycles. The highest BCUT2D eigenvalue weighted by atomic mass is 16.5. The molecule has 4 heteroatoms. The molecule has 0 aliphatic rings. The van der Waals surface area contributed by atoms with Gasteiger partial charge in [-0.15, -0.1) is 0 Å². The van der Waals surface area contributed by atoms with Crippen LogP contribution in [0.25, 0.3) is 0 Å². The van der Waals surface area contributed by atoms with Crippen molar-refractivity contribution in [1.82, 2.24) is 0 Å². The predicted molar refractivity (Wildman–Crippen MR) is 75.3 cm³/mol. The summed E-state index contributed by atoms with van der Waals surface area (Å²) in [6.07, 6.45) is 0. The second-order valence-corrected chi connectivity index (χ2v) is 4.12. The van der Waals surface area contributed by atoms with Crippen LogP contribution >= 0.6 is 0 Å². The van der Waals surface area contributed by atoms with Crippen LogP contribution in [0.15, 0.2) is 48.5 Å². The number of primary amides is 1. The van der Waals surface area contributed by atoms with Crippen molar-refractivity contribution in [1.29, 1.82) is 0 Å². The second kappa shape index (κ2) is 5.91. The molecule has 2 aromatic rings. The fourth-order valence-corrected chi connectivity index (χ4v) is 1.79. The molecule has 1 amide bonds. The Bertz CT molecular complexity index is 568. The van der Waals surface area contributed by atoms with E-state index >= 15 is 0 Å². The molecule has 0 spiro atoms. The molecule has 0 saturated heterocycles. The van der Waals surface area contributed by atoms with E-state index in [-0.39, 0.29) is 0 Å². The third kappa shape index (κ3) is 3.25. The summed E-state index contributed by atoms with van der Waals surface area (Å²) >= 11 is 0. The summed E-state index contributed by atoms with van der Waals surface area (Å²) in [4.78, 5) is 11.2. The standard InChI is InChI=1S/C15H16N2O2/c1-19-14-8-7-12(15(16)18)9-13(14)17-10-11-5-3-2-4-6-11/h2-9,17H,10H2,1H3,(H2,16,18). The maximum Gasteiger partial charge on any atom is 0.248 e. The lowest BCUT2D eigenvalue weighted by Crippen LogP contribution is -2.11. The molecule has 0 bridgehead atoms. The van der Waals surface area contributed by atoms with E-state index in [0.717, 1.165) is 11.3 Å². The van der Waals surface area contributed by atoms with Crippen molar-refractivity contribution in [3.63, 3.8) is 0 Å². The molecule has 98 valence electrons. The number of hydrogen-bond acceptors (Lipinski definition) is 3. The van der Waals surface area contributed by atoms with Gasteiger partial charge in [-0.05, 0) is 23.8 Å². The summed E-state index contributed by atoms with van der Waals surface area (Å²) in [7, 11) is 1.59. The van der Waals surface area contributed by atoms with E-state index in [0.29, 0.717) is 17.9 Å². The fourth-order valence-electron chi connectivity index (χ4n) is 1.79. The number of methoxy groups -OCH3 is 1. The summed E-state index contributed by atoms with van der Waals surface area (Å²) in [5.41, 5.74) is 7.63. The Balaban J connectivity index is 2.18. The predicted octanol–water partition coefficient (Wildman–Crippen LogP) is 2.41. The molecule has 0 heterocycles. The summed E-state index contributed by atoms with van der Waals surface area (Å²) in [6, 6.07) is 15.1. The molecule has 0 aromatic heterocycles. The summed E-state index contributed by atoms with van der Waals surface area (Å²) in [6.45, 7) is 0.652. The maximum absolute atomic E-state index is 11.2. The largest absolute Gasteiger partial charge is 0.495 e. The lowest BCUT2D eigenvalue weighted by molar-refractivity contribution is 0.100. The highest BCUT2D eigenvalue weighted by Gasteiger charge is 2.07. The van der Waals surface area contributed by atoms with E-state index < -0.39 is 5.91 Å². The van der Waals surface area contributed by atoms with Crippen molar-refractivity contribution < 1.29 is 9.53 Å². The van der Waals surface area contributed by atoms with E-state index in [1.807, 2.05) is 30.3 Å². The highest BCUT2D eigenvalue weighted by Crippen LogP contribution is 2.25. The van der Waals surface area contributed by atoms with Gasteiger partial charge in [0.1, 0.15) is 5.75 Å². The minimum atomic E-state index is -0.453. The normalized spacial score (nSPS) is 9.95. The van der Waals surface area contributed by atoms with Crippen molar-refractivity contribution in [3.8, 4) is 5.75 Å². The van der Waals surface area contributed by atoms with Gasteiger partial charge in [-0.25, -0.2) is 0 Å². The molecule has 0 atom stereocenters. The molecular weight excluding hydrogens is 240 g/mol. The molecule has 4 nitrogen and oxygen atoms in total. The quantitative estimate of drug-likeness (QED) is 0.863. The average Bonchev–Trinajstić information content (AvgIpc) is 2.45. The first-order chi connectivity index (χ1) is 9.20. The monoisotopic (exact) mass is 256 g/mol. The number of anilines is 1. The van der Waals surface area contributed by atoms with Gasteiger partial charge in [0.15, 0.2) is 0 Å². The van der Waals surface area contributed by atoms with Gasteiger partial charge in [-0.2, -0.15) is 0 Å². The average molecular weight is 256 g/mol. The number of nitrogens with two attached hydrogens (primary N) is 1. The van der Waals surface area contributed by atoms with Crippen LogP contribution < -0.4 is 15.8 Å². The van der Waals surface area contributed by atoms with E-state index in [1.54, 1.807) is 25.3 Å². The molecular formula is C15H16N2O2. The number of rotatable bonds is 5. The van der Waals surface area contributed by atoms with E-state index in [1.165, 1.54) is 0 Å². The van der Waals surface area contributed by atoms with Crippen LogP contribution in [0.3, 0.4) is 0 Å². The third-order valence-corrected chi connectivity index (χ3v) is 2.81. The smallest absolute Gasteiger partial charge is 0.248 e. The molecule has 2 aromatic carbocycles. The molecule has 0 saturated carbocycles. The molecule has 0 fully saturated rings. The van der Waals surface area contributed by atoms with Crippen molar-refractivity contribution in [2.45, 2.75) is 6.54 Å². The zero-order valence-electron chi connectivity index (χ0n) is 10.7. The molecule has 0 radical (unpaired) electrons. The van der Waals surface area contributed by atoms with Crippen molar-refractivity contribution >= 4 is 11.6 Å². The first-order valence-electron chi connectivity index (χ1n) is 5.96. The number of carbonyl (C=O) groups is 1. The van der Waals surface area contributed by atoms with Crippen LogP contribution in [-0.2, 0) is 6.54 Å². The van der Waals surface area contributed by atoms with Crippen LogP contribution in [0.4, 0.5) is 5.69 Å².